The maximum Gasteiger partial charge on any atom is 0.0880 e. The molecule has 3 fully saturated rings. The quantitative estimate of drug-likeness (QED) is 0.357. The van der Waals surface area contributed by atoms with Crippen molar-refractivity contribution in [3.05, 3.63) is 35.5 Å². The largest absolute Gasteiger partial charge is 0.393 e. The minimum atomic E-state index is -0.708. The van der Waals surface area contributed by atoms with Gasteiger partial charge in [0, 0.05) is 0 Å². The van der Waals surface area contributed by atoms with Crippen LogP contribution in [0, 0.1) is 17.3 Å². The Morgan fingerprint density at radius 1 is 1.12 bits per heavy atom. The average molecular weight is 461 g/mol. The van der Waals surface area contributed by atoms with Gasteiger partial charge in [0.25, 0.3) is 0 Å². The monoisotopic (exact) mass is 460 g/mol. The van der Waals surface area contributed by atoms with Gasteiger partial charge in [0.2, 0.25) is 0 Å². The Kier molecular flexibility index (Phi) is 9.42. The smallest absolute Gasteiger partial charge is 0.0880 e. The van der Waals surface area contributed by atoms with Crippen molar-refractivity contribution >= 4 is 0 Å². The third kappa shape index (κ3) is 6.60. The molecule has 0 aromatic heterocycles. The number of hydrogen-bond donors (Lipinski definition) is 3. The summed E-state index contributed by atoms with van der Waals surface area (Å²) < 4.78 is 6.06. The third-order valence-electron chi connectivity index (χ3n) is 8.62. The van der Waals surface area contributed by atoms with Crippen LogP contribution in [-0.2, 0) is 4.74 Å². The lowest BCUT2D eigenvalue weighted by atomic mass is 9.62. The van der Waals surface area contributed by atoms with Crippen LogP contribution in [0.5, 0.6) is 0 Å². The van der Waals surface area contributed by atoms with Crippen LogP contribution in [0.1, 0.15) is 97.8 Å². The zero-order valence-electron chi connectivity index (χ0n) is 21.3. The first-order chi connectivity index (χ1) is 15.7. The molecule has 4 heteroatoms. The molecule has 3 rings (SSSR count). The summed E-state index contributed by atoms with van der Waals surface area (Å²) in [6.07, 6.45) is 14.9. The van der Waals surface area contributed by atoms with Gasteiger partial charge in [0.1, 0.15) is 0 Å². The van der Waals surface area contributed by atoms with E-state index in [0.717, 1.165) is 38.5 Å². The highest BCUT2D eigenvalue weighted by Crippen LogP contribution is 2.59. The molecule has 0 bridgehead atoms. The van der Waals surface area contributed by atoms with Crippen LogP contribution in [0.15, 0.2) is 35.5 Å². The van der Waals surface area contributed by atoms with Crippen molar-refractivity contribution in [2.75, 3.05) is 13.2 Å². The first-order valence-corrected chi connectivity index (χ1v) is 13.4. The normalized spacial score (nSPS) is 33.9. The van der Waals surface area contributed by atoms with E-state index in [4.69, 9.17) is 4.74 Å². The average Bonchev–Trinajstić information content (AvgIpc) is 3.09. The third-order valence-corrected chi connectivity index (χ3v) is 8.62. The summed E-state index contributed by atoms with van der Waals surface area (Å²) >= 11 is 0. The van der Waals surface area contributed by atoms with Gasteiger partial charge in [-0.1, -0.05) is 63.5 Å². The van der Waals surface area contributed by atoms with Gasteiger partial charge in [-0.25, -0.2) is 0 Å². The number of rotatable bonds is 10. The van der Waals surface area contributed by atoms with Crippen LogP contribution < -0.4 is 0 Å². The molecule has 0 unspecified atom stereocenters. The summed E-state index contributed by atoms with van der Waals surface area (Å²) in [5, 5.41) is 30.9. The van der Waals surface area contributed by atoms with Crippen molar-refractivity contribution in [3.63, 3.8) is 0 Å². The van der Waals surface area contributed by atoms with E-state index in [9.17, 15) is 15.3 Å². The molecule has 3 saturated carbocycles. The molecule has 0 aromatic carbocycles. The topological polar surface area (TPSA) is 69.9 Å². The van der Waals surface area contributed by atoms with Crippen molar-refractivity contribution in [2.24, 2.45) is 17.3 Å². The summed E-state index contributed by atoms with van der Waals surface area (Å²) in [4.78, 5) is 0. The molecule has 3 aliphatic rings. The molecule has 4 nitrogen and oxygen atoms in total. The highest BCUT2D eigenvalue weighted by Gasteiger charge is 2.49. The minimum absolute atomic E-state index is 0.220. The van der Waals surface area contributed by atoms with Gasteiger partial charge in [-0.15, -0.1) is 0 Å². The summed E-state index contributed by atoms with van der Waals surface area (Å²) in [6, 6.07) is 0. The first-order valence-electron chi connectivity index (χ1n) is 13.4. The van der Waals surface area contributed by atoms with E-state index < -0.39 is 17.8 Å². The highest BCUT2D eigenvalue weighted by atomic mass is 16.5. The van der Waals surface area contributed by atoms with E-state index in [1.165, 1.54) is 36.0 Å². The van der Waals surface area contributed by atoms with Crippen LogP contribution in [0.25, 0.3) is 0 Å². The van der Waals surface area contributed by atoms with Crippen LogP contribution in [0.2, 0.25) is 0 Å². The van der Waals surface area contributed by atoms with Gasteiger partial charge < -0.3 is 20.1 Å². The van der Waals surface area contributed by atoms with E-state index in [1.54, 1.807) is 0 Å². The fraction of sp³-hybridized carbons (Fsp3) is 0.793. The van der Waals surface area contributed by atoms with Crippen molar-refractivity contribution in [2.45, 2.75) is 116 Å². The predicted molar refractivity (Wildman–Crippen MR) is 135 cm³/mol. The van der Waals surface area contributed by atoms with E-state index in [-0.39, 0.29) is 5.41 Å². The number of aliphatic hydroxyl groups excluding tert-OH is 2. The standard InChI is InChI=1S/C29H48O4/c1-5-13-29(32,14-6-2)20-33-19-21(3)26-11-12-27-23(8-7-15-28(26,27)4)10-9-22-16-24(30)18-25(31)17-22/h9-10,24-27,30-32H,3,5-8,11-20H2,1-2,4H3/b23-10+/t24-,25-,26-,27+,28-/m1/s1. The Morgan fingerprint density at radius 2 is 1.79 bits per heavy atom. The molecule has 0 saturated heterocycles. The van der Waals surface area contributed by atoms with Gasteiger partial charge in [0.15, 0.2) is 0 Å². The number of fused-ring (bicyclic) bond motifs is 1. The SMILES string of the molecule is C=C(COCC(O)(CCC)CCC)[C@H]1CC[C@H]2/C(=C/C=C3C[C@@H](O)C[C@H](O)C3)CCC[C@]12C. The molecule has 0 heterocycles. The number of ether oxygens (including phenoxy) is 1. The minimum Gasteiger partial charge on any atom is -0.393 e. The van der Waals surface area contributed by atoms with E-state index in [1.807, 2.05) is 0 Å². The van der Waals surface area contributed by atoms with Gasteiger partial charge >= 0.3 is 0 Å². The molecule has 188 valence electrons. The zero-order valence-corrected chi connectivity index (χ0v) is 21.3. The van der Waals surface area contributed by atoms with Crippen LogP contribution in [-0.4, -0.2) is 46.3 Å². The second kappa shape index (κ2) is 11.7. The summed E-state index contributed by atoms with van der Waals surface area (Å²) in [5.41, 5.74) is 3.40. The van der Waals surface area contributed by atoms with Gasteiger partial charge in [0.05, 0.1) is 31.0 Å². The zero-order chi connectivity index (χ0) is 24.1. The second-order valence-corrected chi connectivity index (χ2v) is 11.4. The predicted octanol–water partition coefficient (Wildman–Crippen LogP) is 5.87. The molecule has 3 N–H and O–H groups in total. The lowest BCUT2D eigenvalue weighted by Gasteiger charge is -2.43. The van der Waals surface area contributed by atoms with Crippen molar-refractivity contribution in [1.29, 1.82) is 0 Å². The molecular weight excluding hydrogens is 412 g/mol. The number of hydrogen-bond acceptors (Lipinski definition) is 4. The van der Waals surface area contributed by atoms with E-state index >= 15 is 0 Å². The molecule has 0 radical (unpaired) electrons. The molecule has 0 spiro atoms. The van der Waals surface area contributed by atoms with Gasteiger partial charge in [-0.05, 0) is 87.0 Å². The Bertz CT molecular complexity index is 705. The van der Waals surface area contributed by atoms with E-state index in [2.05, 4.69) is 39.5 Å². The molecule has 0 amide bonds. The maximum absolute atomic E-state index is 10.9. The fourth-order valence-corrected chi connectivity index (χ4v) is 7.11. The molecule has 0 aromatic rings. The summed E-state index contributed by atoms with van der Waals surface area (Å²) in [6.45, 7) is 12.1. The Balaban J connectivity index is 1.62. The Hall–Kier alpha value is -0.940. The van der Waals surface area contributed by atoms with Crippen molar-refractivity contribution in [1.82, 2.24) is 0 Å². The summed E-state index contributed by atoms with van der Waals surface area (Å²) in [5.74, 6) is 1.03. The van der Waals surface area contributed by atoms with Gasteiger partial charge in [-0.3, -0.25) is 0 Å². The Morgan fingerprint density at radius 3 is 2.42 bits per heavy atom. The van der Waals surface area contributed by atoms with Crippen LogP contribution >= 0.6 is 0 Å². The number of aliphatic hydroxyl groups is 3. The molecule has 3 aliphatic carbocycles. The van der Waals surface area contributed by atoms with E-state index in [0.29, 0.717) is 44.3 Å². The second-order valence-electron chi connectivity index (χ2n) is 11.4. The maximum atomic E-state index is 10.9. The Labute approximate surface area is 201 Å². The van der Waals surface area contributed by atoms with Crippen molar-refractivity contribution < 1.29 is 20.1 Å². The molecule has 0 aliphatic heterocycles. The lowest BCUT2D eigenvalue weighted by molar-refractivity contribution is -0.0547. The van der Waals surface area contributed by atoms with Crippen LogP contribution in [0.4, 0.5) is 0 Å². The van der Waals surface area contributed by atoms with Gasteiger partial charge in [-0.2, -0.15) is 0 Å². The summed E-state index contributed by atoms with van der Waals surface area (Å²) in [7, 11) is 0. The fourth-order valence-electron chi connectivity index (χ4n) is 7.11. The molecular formula is C29H48O4. The lowest BCUT2D eigenvalue weighted by Crippen LogP contribution is -2.36. The van der Waals surface area contributed by atoms with Crippen molar-refractivity contribution in [3.8, 4) is 0 Å². The highest BCUT2D eigenvalue weighted by molar-refractivity contribution is 5.28. The number of allylic oxidation sites excluding steroid dienone is 3. The molecule has 5 atom stereocenters. The van der Waals surface area contributed by atoms with Crippen LogP contribution in [0.3, 0.4) is 0 Å². The first kappa shape index (κ1) is 26.7. The molecule has 33 heavy (non-hydrogen) atoms.